The van der Waals surface area contributed by atoms with Crippen LogP contribution in [-0.4, -0.2) is 29.8 Å². The van der Waals surface area contributed by atoms with Gasteiger partial charge in [0.15, 0.2) is 0 Å². The summed E-state index contributed by atoms with van der Waals surface area (Å²) in [6.45, 7) is 11.2. The minimum absolute atomic E-state index is 0.0756. The zero-order valence-electron chi connectivity index (χ0n) is 22.8. The first-order valence-electron chi connectivity index (χ1n) is 14.2. The molecule has 1 saturated heterocycles. The highest BCUT2D eigenvalue weighted by Crippen LogP contribution is 2.67. The monoisotopic (exact) mass is 478 g/mol. The van der Waals surface area contributed by atoms with Crippen molar-refractivity contribution in [3.05, 3.63) is 35.4 Å². The number of hydrogen-bond donors (Lipinski definition) is 1. The van der Waals surface area contributed by atoms with E-state index in [0.717, 1.165) is 30.6 Å². The molecule has 4 aliphatic rings. The number of nitrogens with one attached hydrogen (secondary N) is 1. The van der Waals surface area contributed by atoms with E-state index in [1.54, 1.807) is 6.92 Å². The maximum Gasteiger partial charge on any atom is 0.222 e. The van der Waals surface area contributed by atoms with Crippen LogP contribution in [0.5, 0.6) is 0 Å². The summed E-state index contributed by atoms with van der Waals surface area (Å²) in [5.74, 6) is 3.60. The van der Waals surface area contributed by atoms with Crippen molar-refractivity contribution < 1.29 is 9.59 Å². The smallest absolute Gasteiger partial charge is 0.222 e. The summed E-state index contributed by atoms with van der Waals surface area (Å²) in [6, 6.07) is 9.54. The molecule has 0 bridgehead atoms. The van der Waals surface area contributed by atoms with Crippen LogP contribution >= 0.6 is 0 Å². The minimum Gasteiger partial charge on any atom is -0.349 e. The molecule has 2 amide bonds. The fraction of sp³-hybridized carbons (Fsp3) is 0.742. The van der Waals surface area contributed by atoms with E-state index in [0.29, 0.717) is 30.2 Å². The molecule has 1 aliphatic heterocycles. The third-order valence-electron chi connectivity index (χ3n) is 11.4. The van der Waals surface area contributed by atoms with E-state index in [1.165, 1.54) is 43.2 Å². The Morgan fingerprint density at radius 2 is 1.60 bits per heavy atom. The highest BCUT2D eigenvalue weighted by Gasteiger charge is 2.62. The summed E-state index contributed by atoms with van der Waals surface area (Å²) in [5, 5.41) is 3.40. The van der Waals surface area contributed by atoms with Crippen LogP contribution in [-0.2, 0) is 9.59 Å². The summed E-state index contributed by atoms with van der Waals surface area (Å²) >= 11 is 0. The lowest BCUT2D eigenvalue weighted by atomic mass is 9.46. The van der Waals surface area contributed by atoms with Crippen molar-refractivity contribution in [2.45, 2.75) is 104 Å². The third-order valence-corrected chi connectivity index (χ3v) is 11.4. The van der Waals surface area contributed by atoms with Gasteiger partial charge in [-0.25, -0.2) is 0 Å². The minimum atomic E-state index is 0.0756. The molecular formula is C31H46N2O2. The van der Waals surface area contributed by atoms with Crippen LogP contribution in [0.15, 0.2) is 24.3 Å². The van der Waals surface area contributed by atoms with Gasteiger partial charge < -0.3 is 10.2 Å². The van der Waals surface area contributed by atoms with Crippen molar-refractivity contribution in [1.82, 2.24) is 10.2 Å². The fourth-order valence-electron chi connectivity index (χ4n) is 9.46. The van der Waals surface area contributed by atoms with Crippen LogP contribution in [0.25, 0.3) is 0 Å². The van der Waals surface area contributed by atoms with Gasteiger partial charge in [0.1, 0.15) is 0 Å². The second kappa shape index (κ2) is 8.92. The Morgan fingerprint density at radius 3 is 2.26 bits per heavy atom. The highest BCUT2D eigenvalue weighted by atomic mass is 16.2. The number of benzene rings is 1. The van der Waals surface area contributed by atoms with Crippen molar-refractivity contribution in [2.75, 3.05) is 7.05 Å². The average Bonchev–Trinajstić information content (AvgIpc) is 3.17. The highest BCUT2D eigenvalue weighted by molar-refractivity contribution is 5.77. The molecule has 4 nitrogen and oxygen atoms in total. The van der Waals surface area contributed by atoms with E-state index in [1.807, 2.05) is 7.05 Å². The molecule has 1 aromatic rings. The van der Waals surface area contributed by atoms with Crippen LogP contribution in [0.4, 0.5) is 0 Å². The first kappa shape index (κ1) is 24.8. The number of rotatable bonds is 4. The second-order valence-corrected chi connectivity index (χ2v) is 13.2. The summed E-state index contributed by atoms with van der Waals surface area (Å²) < 4.78 is 0. The molecule has 35 heavy (non-hydrogen) atoms. The van der Waals surface area contributed by atoms with Crippen molar-refractivity contribution >= 4 is 11.8 Å². The van der Waals surface area contributed by atoms with E-state index < -0.39 is 0 Å². The Hall–Kier alpha value is -1.84. The van der Waals surface area contributed by atoms with Crippen LogP contribution < -0.4 is 5.32 Å². The number of hydrogen-bond acceptors (Lipinski definition) is 2. The van der Waals surface area contributed by atoms with Gasteiger partial charge in [0.25, 0.3) is 0 Å². The molecule has 8 atom stereocenters. The lowest BCUT2D eigenvalue weighted by molar-refractivity contribution is -0.158. The van der Waals surface area contributed by atoms with E-state index in [4.69, 9.17) is 0 Å². The SMILES string of the molecule is CC(=O)NC(c1ccc(C(C)C)cc1)[C@H]1CC[C@H]2[C@@H]3CC[C@H]4N(C)C(=O)CC[C@]4(C)[C@H]3CC[C@]12C. The van der Waals surface area contributed by atoms with Crippen molar-refractivity contribution in [2.24, 2.45) is 34.5 Å². The molecule has 1 unspecified atom stereocenters. The van der Waals surface area contributed by atoms with Crippen LogP contribution in [0, 0.1) is 34.5 Å². The van der Waals surface area contributed by atoms with Gasteiger partial charge in [-0.05, 0) is 96.5 Å². The van der Waals surface area contributed by atoms with E-state index in [2.05, 4.69) is 62.2 Å². The summed E-state index contributed by atoms with van der Waals surface area (Å²) in [4.78, 5) is 26.9. The number of carbonyl (C=O) groups excluding carboxylic acids is 2. The number of carbonyl (C=O) groups is 2. The second-order valence-electron chi connectivity index (χ2n) is 13.2. The number of nitrogens with zero attached hydrogens (tertiary/aromatic N) is 1. The maximum absolute atomic E-state index is 12.5. The van der Waals surface area contributed by atoms with E-state index >= 15 is 0 Å². The lowest BCUT2D eigenvalue weighted by Crippen LogP contribution is -2.61. The van der Waals surface area contributed by atoms with Gasteiger partial charge in [-0.15, -0.1) is 0 Å². The molecule has 1 aromatic carbocycles. The zero-order valence-corrected chi connectivity index (χ0v) is 22.8. The summed E-state index contributed by atoms with van der Waals surface area (Å²) in [7, 11) is 2.05. The molecule has 3 aliphatic carbocycles. The zero-order chi connectivity index (χ0) is 25.1. The van der Waals surface area contributed by atoms with Crippen LogP contribution in [0.3, 0.4) is 0 Å². The van der Waals surface area contributed by atoms with Crippen molar-refractivity contribution in [3.63, 3.8) is 0 Å². The Balaban J connectivity index is 1.42. The number of piperidine rings is 1. The van der Waals surface area contributed by atoms with E-state index in [-0.39, 0.29) is 22.8 Å². The number of amides is 2. The van der Waals surface area contributed by atoms with Crippen molar-refractivity contribution in [1.29, 1.82) is 0 Å². The normalized spacial score (nSPS) is 39.6. The molecule has 1 N–H and O–H groups in total. The molecule has 5 rings (SSSR count). The molecule has 0 aromatic heterocycles. The Morgan fingerprint density at radius 1 is 0.943 bits per heavy atom. The predicted octanol–water partition coefficient (Wildman–Crippen LogP) is 6.47. The molecule has 1 heterocycles. The summed E-state index contributed by atoms with van der Waals surface area (Å²) in [6.07, 6.45) is 9.16. The maximum atomic E-state index is 12.5. The van der Waals surface area contributed by atoms with E-state index in [9.17, 15) is 9.59 Å². The van der Waals surface area contributed by atoms with Gasteiger partial charge in [0, 0.05) is 26.4 Å². The molecule has 192 valence electrons. The number of fused-ring (bicyclic) bond motifs is 5. The molecule has 4 fully saturated rings. The average molecular weight is 479 g/mol. The standard InChI is InChI=1S/C31H46N2O2/c1-19(2)21-7-9-22(10-8-21)29(32-20(3)34)26-13-12-24-23-11-14-27-31(5,18-16-28(35)33(27)6)25(23)15-17-30(24,26)4/h7-10,19,23-27,29H,11-18H2,1-6H3,(H,32,34)/t23-,24-,25-,26+,27+,29?,30-,31+/m0/s1. The first-order valence-corrected chi connectivity index (χ1v) is 14.2. The summed E-state index contributed by atoms with van der Waals surface area (Å²) in [5.41, 5.74) is 3.13. The molecule has 0 radical (unpaired) electrons. The third kappa shape index (κ3) is 3.94. The quantitative estimate of drug-likeness (QED) is 0.539. The first-order chi connectivity index (χ1) is 16.6. The van der Waals surface area contributed by atoms with Gasteiger partial charge in [-0.2, -0.15) is 0 Å². The van der Waals surface area contributed by atoms with Gasteiger partial charge >= 0.3 is 0 Å². The van der Waals surface area contributed by atoms with Gasteiger partial charge in [0.05, 0.1) is 6.04 Å². The predicted molar refractivity (Wildman–Crippen MR) is 141 cm³/mol. The van der Waals surface area contributed by atoms with Gasteiger partial charge in [-0.3, -0.25) is 9.59 Å². The molecule has 3 saturated carbocycles. The van der Waals surface area contributed by atoms with Crippen molar-refractivity contribution in [3.8, 4) is 0 Å². The van der Waals surface area contributed by atoms with Gasteiger partial charge in [0.2, 0.25) is 11.8 Å². The Kier molecular flexibility index (Phi) is 6.33. The molecule has 4 heteroatoms. The largest absolute Gasteiger partial charge is 0.349 e. The lowest BCUT2D eigenvalue weighted by Gasteiger charge is -2.62. The van der Waals surface area contributed by atoms with Crippen LogP contribution in [0.1, 0.15) is 109 Å². The number of likely N-dealkylation sites (tertiary alicyclic amines) is 1. The van der Waals surface area contributed by atoms with Gasteiger partial charge in [-0.1, -0.05) is 52.0 Å². The Bertz CT molecular complexity index is 971. The molecule has 0 spiro atoms. The fourth-order valence-corrected chi connectivity index (χ4v) is 9.46. The Labute approximate surface area is 212 Å². The topological polar surface area (TPSA) is 49.4 Å². The van der Waals surface area contributed by atoms with Crippen LogP contribution in [0.2, 0.25) is 0 Å². The molecular weight excluding hydrogens is 432 g/mol.